The average Bonchev–Trinajstić information content (AvgIpc) is 2.75. The molecule has 0 radical (unpaired) electrons. The SMILES string of the molecule is CCN1C(=O)c2c(O)c(=O)c(C(=O)CCc3c(F)cc(F)cc3F)cn2N2CC[C@H](C)C[C@@H]12. The molecule has 10 heteroatoms. The van der Waals surface area contributed by atoms with E-state index in [1.165, 1.54) is 10.9 Å². The molecule has 2 aliphatic heterocycles. The summed E-state index contributed by atoms with van der Waals surface area (Å²) < 4.78 is 42.3. The van der Waals surface area contributed by atoms with Crippen LogP contribution in [0.1, 0.15) is 59.5 Å². The van der Waals surface area contributed by atoms with E-state index in [0.717, 1.165) is 6.42 Å². The normalized spacial score (nSPS) is 20.0. The average molecular weight is 463 g/mol. The Hall–Kier alpha value is -3.30. The summed E-state index contributed by atoms with van der Waals surface area (Å²) in [4.78, 5) is 40.2. The highest BCUT2D eigenvalue weighted by atomic mass is 19.1. The number of hydrogen-bond acceptors (Lipinski definition) is 5. The maximum absolute atomic E-state index is 13.9. The van der Waals surface area contributed by atoms with E-state index in [9.17, 15) is 32.7 Å². The lowest BCUT2D eigenvalue weighted by Gasteiger charge is -2.50. The Bertz CT molecular complexity index is 1170. The third-order valence-electron chi connectivity index (χ3n) is 6.42. The zero-order valence-corrected chi connectivity index (χ0v) is 18.3. The number of nitrogens with zero attached hydrogens (tertiary/aromatic N) is 3. The second-order valence-corrected chi connectivity index (χ2v) is 8.55. The molecule has 0 spiro atoms. The topological polar surface area (TPSA) is 82.9 Å². The molecule has 2 atom stereocenters. The van der Waals surface area contributed by atoms with E-state index in [0.29, 0.717) is 37.6 Å². The zero-order valence-electron chi connectivity index (χ0n) is 18.3. The van der Waals surface area contributed by atoms with Gasteiger partial charge in [0.2, 0.25) is 5.43 Å². The Kier molecular flexibility index (Phi) is 5.94. The van der Waals surface area contributed by atoms with Gasteiger partial charge in [0.1, 0.15) is 23.6 Å². The van der Waals surface area contributed by atoms with Crippen LogP contribution in [-0.4, -0.2) is 45.6 Å². The molecule has 1 saturated heterocycles. The number of pyridine rings is 1. The van der Waals surface area contributed by atoms with Crippen LogP contribution in [0.2, 0.25) is 0 Å². The first-order valence-electron chi connectivity index (χ1n) is 10.9. The number of hydrogen-bond donors (Lipinski definition) is 1. The summed E-state index contributed by atoms with van der Waals surface area (Å²) in [5.41, 5.74) is -2.07. The van der Waals surface area contributed by atoms with Gasteiger partial charge in [-0.25, -0.2) is 13.2 Å². The summed E-state index contributed by atoms with van der Waals surface area (Å²) in [6.45, 7) is 4.82. The van der Waals surface area contributed by atoms with Crippen LogP contribution in [0.25, 0.3) is 0 Å². The molecule has 176 valence electrons. The van der Waals surface area contributed by atoms with Gasteiger partial charge in [0, 0.05) is 43.4 Å². The van der Waals surface area contributed by atoms with Crippen LogP contribution in [0.5, 0.6) is 5.75 Å². The molecule has 1 N–H and O–H groups in total. The van der Waals surface area contributed by atoms with Gasteiger partial charge in [-0.1, -0.05) is 6.92 Å². The van der Waals surface area contributed by atoms with Crippen molar-refractivity contribution >= 4 is 11.7 Å². The molecule has 1 fully saturated rings. The number of piperidine rings is 1. The van der Waals surface area contributed by atoms with Crippen LogP contribution >= 0.6 is 0 Å². The quantitative estimate of drug-likeness (QED) is 0.690. The van der Waals surface area contributed by atoms with Gasteiger partial charge in [-0.2, -0.15) is 0 Å². The molecule has 1 amide bonds. The molecule has 0 bridgehead atoms. The number of amides is 1. The number of Topliss-reactive ketones (excluding diaryl/α,β-unsaturated/α-hetero) is 1. The summed E-state index contributed by atoms with van der Waals surface area (Å²) in [5.74, 6) is -5.04. The molecule has 1 aromatic carbocycles. The van der Waals surface area contributed by atoms with E-state index in [2.05, 4.69) is 6.92 Å². The van der Waals surface area contributed by atoms with Crippen LogP contribution in [0.4, 0.5) is 13.2 Å². The highest BCUT2D eigenvalue weighted by Gasteiger charge is 2.42. The number of carbonyl (C=O) groups is 2. The van der Waals surface area contributed by atoms with Crippen molar-refractivity contribution < 1.29 is 27.9 Å². The molecule has 2 aromatic rings. The smallest absolute Gasteiger partial charge is 0.278 e. The summed E-state index contributed by atoms with van der Waals surface area (Å²) in [6.07, 6.45) is 1.62. The number of halogens is 3. The molecule has 0 unspecified atom stereocenters. The van der Waals surface area contributed by atoms with Gasteiger partial charge in [0.05, 0.1) is 5.56 Å². The highest BCUT2D eigenvalue weighted by molar-refractivity contribution is 6.00. The van der Waals surface area contributed by atoms with Crippen LogP contribution in [-0.2, 0) is 6.42 Å². The molecule has 2 aliphatic rings. The van der Waals surface area contributed by atoms with Gasteiger partial charge in [0.15, 0.2) is 17.2 Å². The molecule has 0 aliphatic carbocycles. The summed E-state index contributed by atoms with van der Waals surface area (Å²) in [6, 6.07) is 1.04. The minimum atomic E-state index is -1.12. The summed E-state index contributed by atoms with van der Waals surface area (Å²) in [7, 11) is 0. The van der Waals surface area contributed by atoms with E-state index in [1.54, 1.807) is 4.90 Å². The largest absolute Gasteiger partial charge is 0.502 e. The Morgan fingerprint density at radius 2 is 1.85 bits per heavy atom. The fourth-order valence-corrected chi connectivity index (χ4v) is 4.64. The van der Waals surface area contributed by atoms with Gasteiger partial charge in [0.25, 0.3) is 5.91 Å². The molecule has 0 saturated carbocycles. The number of fused-ring (bicyclic) bond motifs is 3. The van der Waals surface area contributed by atoms with Crippen molar-refractivity contribution in [3.8, 4) is 5.75 Å². The number of ketones is 1. The summed E-state index contributed by atoms with van der Waals surface area (Å²) >= 11 is 0. The standard InChI is InChI=1S/C23H24F3N3O4/c1-3-27-19-8-12(2)6-7-28(19)29-11-15(21(31)22(32)20(29)23(27)33)18(30)5-4-14-16(25)9-13(24)10-17(14)26/h9-12,19,32H,3-8H2,1-2H3/t12-,19-/m0/s1. The van der Waals surface area contributed by atoms with E-state index in [4.69, 9.17) is 0 Å². The zero-order chi connectivity index (χ0) is 24.0. The van der Waals surface area contributed by atoms with E-state index < -0.39 is 58.7 Å². The number of benzene rings is 1. The lowest BCUT2D eigenvalue weighted by atomic mass is 9.95. The monoisotopic (exact) mass is 463 g/mol. The lowest BCUT2D eigenvalue weighted by Crippen LogP contribution is -2.63. The second kappa shape index (κ2) is 8.57. The van der Waals surface area contributed by atoms with Crippen LogP contribution < -0.4 is 10.4 Å². The minimum Gasteiger partial charge on any atom is -0.502 e. The first-order valence-corrected chi connectivity index (χ1v) is 10.9. The molecule has 33 heavy (non-hydrogen) atoms. The maximum Gasteiger partial charge on any atom is 0.278 e. The van der Waals surface area contributed by atoms with Crippen LogP contribution in [0.15, 0.2) is 23.1 Å². The van der Waals surface area contributed by atoms with Crippen molar-refractivity contribution in [1.82, 2.24) is 9.58 Å². The van der Waals surface area contributed by atoms with Gasteiger partial charge in [-0.05, 0) is 32.1 Å². The van der Waals surface area contributed by atoms with E-state index >= 15 is 0 Å². The van der Waals surface area contributed by atoms with Gasteiger partial charge < -0.3 is 10.0 Å². The van der Waals surface area contributed by atoms with E-state index in [1.807, 2.05) is 11.9 Å². The first kappa shape index (κ1) is 22.9. The molecule has 4 rings (SSSR count). The number of rotatable bonds is 5. The minimum absolute atomic E-state index is 0.208. The summed E-state index contributed by atoms with van der Waals surface area (Å²) in [5, 5.41) is 12.4. The number of carbonyl (C=O) groups excluding carboxylic acids is 2. The van der Waals surface area contributed by atoms with Crippen molar-refractivity contribution in [3.63, 3.8) is 0 Å². The van der Waals surface area contributed by atoms with Crippen molar-refractivity contribution in [2.24, 2.45) is 5.92 Å². The van der Waals surface area contributed by atoms with Crippen molar-refractivity contribution in [1.29, 1.82) is 0 Å². The Balaban J connectivity index is 1.70. The fraction of sp³-hybridized carbons (Fsp3) is 0.435. The molecular formula is C23H24F3N3O4. The van der Waals surface area contributed by atoms with Crippen LogP contribution in [0, 0.1) is 23.4 Å². The molecule has 3 heterocycles. The second-order valence-electron chi connectivity index (χ2n) is 8.55. The van der Waals surface area contributed by atoms with Gasteiger partial charge in [-0.3, -0.25) is 24.1 Å². The maximum atomic E-state index is 13.9. The predicted molar refractivity (Wildman–Crippen MR) is 113 cm³/mol. The first-order chi connectivity index (χ1) is 15.6. The van der Waals surface area contributed by atoms with Crippen LogP contribution in [0.3, 0.4) is 0 Å². The van der Waals surface area contributed by atoms with Crippen molar-refractivity contribution in [3.05, 3.63) is 62.8 Å². The predicted octanol–water partition coefficient (Wildman–Crippen LogP) is 2.96. The molecular weight excluding hydrogens is 439 g/mol. The van der Waals surface area contributed by atoms with Crippen molar-refractivity contribution in [2.45, 2.75) is 45.7 Å². The van der Waals surface area contributed by atoms with Gasteiger partial charge >= 0.3 is 0 Å². The van der Waals surface area contributed by atoms with Crippen molar-refractivity contribution in [2.75, 3.05) is 18.1 Å². The number of aromatic hydroxyl groups is 1. The molecule has 1 aromatic heterocycles. The van der Waals surface area contributed by atoms with E-state index in [-0.39, 0.29) is 17.4 Å². The Morgan fingerprint density at radius 1 is 1.18 bits per heavy atom. The Morgan fingerprint density at radius 3 is 2.48 bits per heavy atom. The fourth-order valence-electron chi connectivity index (χ4n) is 4.64. The third kappa shape index (κ3) is 3.87. The third-order valence-corrected chi connectivity index (χ3v) is 6.42. The lowest BCUT2D eigenvalue weighted by molar-refractivity contribution is 0.0496. The highest BCUT2D eigenvalue weighted by Crippen LogP contribution is 2.31. The molecule has 7 nitrogen and oxygen atoms in total. The Labute approximate surface area is 188 Å². The van der Waals surface area contributed by atoms with Gasteiger partial charge in [-0.15, -0.1) is 0 Å². The number of aromatic nitrogens is 1.